The van der Waals surface area contributed by atoms with Gasteiger partial charge in [0.05, 0.1) is 31.5 Å². The predicted octanol–water partition coefficient (Wildman–Crippen LogP) is -7.26. The van der Waals surface area contributed by atoms with Crippen LogP contribution in [-0.2, 0) is 52.2 Å². The maximum atomic E-state index is 12.2. The number of carbonyl (C=O) groups excluding carboxylic acids is 1. The second-order valence-corrected chi connectivity index (χ2v) is 15.5. The molecule has 1 amide bonds. The number of amides is 1. The second kappa shape index (κ2) is 20.8. The van der Waals surface area contributed by atoms with Crippen LogP contribution in [0.2, 0.25) is 0 Å². The van der Waals surface area contributed by atoms with Crippen LogP contribution in [0.25, 0.3) is 0 Å². The molecular formula is C35H61NO23. The lowest BCUT2D eigenvalue weighted by Gasteiger charge is -2.50. The molecule has 5 aliphatic heterocycles. The monoisotopic (exact) mass is 863 g/mol. The van der Waals surface area contributed by atoms with Crippen molar-refractivity contribution < 1.29 is 113 Å². The molecule has 0 spiro atoms. The number of carbonyl (C=O) groups is 1. The van der Waals surface area contributed by atoms with Crippen LogP contribution >= 0.6 is 0 Å². The summed E-state index contributed by atoms with van der Waals surface area (Å²) in [7, 11) is 0. The van der Waals surface area contributed by atoms with Crippen molar-refractivity contribution in [2.45, 2.75) is 195 Å². The lowest BCUT2D eigenvalue weighted by Crippen LogP contribution is -2.68. The highest BCUT2D eigenvalue weighted by molar-refractivity contribution is 5.73. The van der Waals surface area contributed by atoms with Gasteiger partial charge in [0.2, 0.25) is 5.91 Å². The van der Waals surface area contributed by atoms with Crippen LogP contribution in [0.4, 0.5) is 0 Å². The normalized spacial score (nSPS) is 51.0. The topological polar surface area (TPSA) is 364 Å². The number of nitrogens with one attached hydrogen (secondary N) is 1. The van der Waals surface area contributed by atoms with Crippen LogP contribution in [-0.4, -0.2) is 240 Å². The molecule has 0 bridgehead atoms. The number of rotatable bonds is 14. The van der Waals surface area contributed by atoms with Crippen molar-refractivity contribution in [3.8, 4) is 0 Å². The first-order valence-corrected chi connectivity index (χ1v) is 19.6. The molecule has 0 aromatic rings. The Balaban J connectivity index is 1.36. The summed E-state index contributed by atoms with van der Waals surface area (Å²) in [4.78, 5) is 12.2. The summed E-state index contributed by atoms with van der Waals surface area (Å²) in [6.07, 6.45) is -38.2. The van der Waals surface area contributed by atoms with E-state index in [-0.39, 0.29) is 6.61 Å². The molecule has 5 rings (SSSR count). The highest BCUT2D eigenvalue weighted by atomic mass is 16.8. The van der Waals surface area contributed by atoms with E-state index >= 15 is 0 Å². The van der Waals surface area contributed by atoms with Crippen LogP contribution < -0.4 is 5.32 Å². The third kappa shape index (κ3) is 10.5. The van der Waals surface area contributed by atoms with Gasteiger partial charge < -0.3 is 114 Å². The van der Waals surface area contributed by atoms with Gasteiger partial charge in [0, 0.05) is 13.5 Å². The van der Waals surface area contributed by atoms with E-state index in [1.807, 2.05) is 6.92 Å². The minimum atomic E-state index is -1.97. The number of aliphatic hydroxyl groups excluding tert-OH is 12. The molecule has 0 aliphatic carbocycles. The quantitative estimate of drug-likeness (QED) is 0.0771. The van der Waals surface area contributed by atoms with Gasteiger partial charge in [-0.2, -0.15) is 0 Å². The molecule has 24 nitrogen and oxygen atoms in total. The fourth-order valence-corrected chi connectivity index (χ4v) is 7.59. The summed E-state index contributed by atoms with van der Waals surface area (Å²) < 4.78 is 57.9. The Morgan fingerprint density at radius 3 is 1.46 bits per heavy atom. The molecule has 24 heteroatoms. The van der Waals surface area contributed by atoms with Crippen LogP contribution in [0.15, 0.2) is 0 Å². The van der Waals surface area contributed by atoms with Crippen molar-refractivity contribution in [3.63, 3.8) is 0 Å². The zero-order valence-electron chi connectivity index (χ0n) is 33.1. The Morgan fingerprint density at radius 1 is 0.492 bits per heavy atom. The molecule has 59 heavy (non-hydrogen) atoms. The Labute approximate surface area is 338 Å². The number of hydrogen-bond donors (Lipinski definition) is 13. The third-order valence-corrected chi connectivity index (χ3v) is 11.1. The highest BCUT2D eigenvalue weighted by Crippen LogP contribution is 2.36. The summed E-state index contributed by atoms with van der Waals surface area (Å²) in [5, 5.41) is 131. The van der Waals surface area contributed by atoms with Crippen molar-refractivity contribution in [1.82, 2.24) is 5.32 Å². The number of hydrogen-bond acceptors (Lipinski definition) is 23. The molecule has 344 valence electrons. The van der Waals surface area contributed by atoms with Gasteiger partial charge in [-0.3, -0.25) is 4.79 Å². The third-order valence-electron chi connectivity index (χ3n) is 11.1. The molecular weight excluding hydrogens is 802 g/mol. The van der Waals surface area contributed by atoms with Gasteiger partial charge in [0.25, 0.3) is 0 Å². The molecule has 5 fully saturated rings. The minimum absolute atomic E-state index is 0.168. The summed E-state index contributed by atoms with van der Waals surface area (Å²) in [5.74, 6) is -0.555. The van der Waals surface area contributed by atoms with Gasteiger partial charge in [-0.15, -0.1) is 0 Å². The van der Waals surface area contributed by atoms with E-state index in [0.717, 1.165) is 0 Å². The van der Waals surface area contributed by atoms with Gasteiger partial charge >= 0.3 is 0 Å². The highest BCUT2D eigenvalue weighted by Gasteiger charge is 2.56. The van der Waals surface area contributed by atoms with E-state index < -0.39 is 173 Å². The van der Waals surface area contributed by atoms with E-state index in [2.05, 4.69) is 5.32 Å². The first-order valence-electron chi connectivity index (χ1n) is 19.6. The Bertz CT molecular complexity index is 1320. The van der Waals surface area contributed by atoms with E-state index in [9.17, 15) is 66.1 Å². The first-order chi connectivity index (χ1) is 27.8. The maximum Gasteiger partial charge on any atom is 0.217 e. The SMILES string of the molecule is CCCO[C@@H]1O[C@H](CO)[C@@H](O)[C@H](O[C@@H]2O[C@@H](C)[C@H](O)[C@@H](O[C@@H]3O[C@@H](C)[C@H](O)[C@@H](O)[C@H]3O[C@@H]3O[C@@H](C)[C@H](O)[C@@H](O[C@H]4O[C@H](CO)[C@@H](O)[C@H](O)[C@H]4O)[C@H]3O)[C@H]2O)[C@H]1NC(C)=O. The summed E-state index contributed by atoms with van der Waals surface area (Å²) >= 11 is 0. The molecule has 25 atom stereocenters. The smallest absolute Gasteiger partial charge is 0.217 e. The van der Waals surface area contributed by atoms with Gasteiger partial charge in [-0.05, 0) is 27.2 Å². The largest absolute Gasteiger partial charge is 0.394 e. The summed E-state index contributed by atoms with van der Waals surface area (Å²) in [5.41, 5.74) is 0. The fourth-order valence-electron chi connectivity index (χ4n) is 7.59. The molecule has 5 heterocycles. The second-order valence-electron chi connectivity index (χ2n) is 15.5. The lowest BCUT2D eigenvalue weighted by molar-refractivity contribution is -0.396. The van der Waals surface area contributed by atoms with Crippen LogP contribution in [0.1, 0.15) is 41.0 Å². The number of aliphatic hydroxyl groups is 12. The first kappa shape index (κ1) is 48.6. The zero-order chi connectivity index (χ0) is 43.6. The molecule has 13 N–H and O–H groups in total. The molecule has 5 aliphatic rings. The van der Waals surface area contributed by atoms with Gasteiger partial charge in [-0.25, -0.2) is 0 Å². The van der Waals surface area contributed by atoms with Crippen molar-refractivity contribution in [2.24, 2.45) is 0 Å². The molecule has 0 unspecified atom stereocenters. The van der Waals surface area contributed by atoms with Gasteiger partial charge in [0.15, 0.2) is 31.5 Å². The van der Waals surface area contributed by atoms with E-state index in [4.69, 9.17) is 47.4 Å². The number of ether oxygens (including phenoxy) is 10. The zero-order valence-corrected chi connectivity index (χ0v) is 33.1. The van der Waals surface area contributed by atoms with Crippen molar-refractivity contribution in [1.29, 1.82) is 0 Å². The van der Waals surface area contributed by atoms with E-state index in [1.165, 1.54) is 27.7 Å². The van der Waals surface area contributed by atoms with E-state index in [0.29, 0.717) is 6.42 Å². The molecule has 0 radical (unpaired) electrons. The Kier molecular flexibility index (Phi) is 17.2. The van der Waals surface area contributed by atoms with Crippen molar-refractivity contribution in [3.05, 3.63) is 0 Å². The van der Waals surface area contributed by atoms with Crippen LogP contribution in [0, 0.1) is 0 Å². The van der Waals surface area contributed by atoms with E-state index in [1.54, 1.807) is 0 Å². The van der Waals surface area contributed by atoms with Gasteiger partial charge in [-0.1, -0.05) is 6.92 Å². The van der Waals surface area contributed by atoms with Crippen molar-refractivity contribution in [2.75, 3.05) is 19.8 Å². The fraction of sp³-hybridized carbons (Fsp3) is 0.971. The molecule has 0 aromatic carbocycles. The van der Waals surface area contributed by atoms with Crippen molar-refractivity contribution >= 4 is 5.91 Å². The minimum Gasteiger partial charge on any atom is -0.394 e. The van der Waals surface area contributed by atoms with Gasteiger partial charge in [0.1, 0.15) is 104 Å². The Morgan fingerprint density at radius 2 is 0.932 bits per heavy atom. The van der Waals surface area contributed by atoms with Crippen LogP contribution in [0.3, 0.4) is 0 Å². The maximum absolute atomic E-state index is 12.2. The Hall–Kier alpha value is -1.41. The molecule has 5 saturated heterocycles. The van der Waals surface area contributed by atoms with Crippen LogP contribution in [0.5, 0.6) is 0 Å². The standard InChI is InChI=1S/C35H61NO23/c1-6-7-50-31-16(36-13(5)39)27(21(44)15(9-38)54-31)56-33-26(49)29(19(42)12(4)51-33)58-35-30(23(46)17(40)10(2)53-35)59-34-25(48)28(18(41)11(3)52-34)57-32-24(47)22(45)20(43)14(8-37)55-32/h10-12,14-35,37-38,40-49H,6-9H2,1-5H3,(H,36,39)/t10-,11-,12-,14+,15+,16+,17-,18-,19-,20+,21+,22-,23+,24+,25+,26+,27+,28+,29+,30+,31+,32+,33-,34-,35-/m0/s1. The summed E-state index contributed by atoms with van der Waals surface area (Å²) in [6, 6.07) is -1.19. The molecule has 0 aromatic heterocycles. The summed E-state index contributed by atoms with van der Waals surface area (Å²) in [6.45, 7) is 5.87. The molecule has 0 saturated carbocycles. The lowest BCUT2D eigenvalue weighted by atomic mass is 9.95. The average molecular weight is 864 g/mol. The average Bonchev–Trinajstić information content (AvgIpc) is 3.20. The predicted molar refractivity (Wildman–Crippen MR) is 188 cm³/mol.